The molecule has 2 radical (unpaired) electrons. The molecule has 3 rings (SSSR count). The van der Waals surface area contributed by atoms with Crippen LogP contribution < -0.4 is 0 Å². The molecule has 3 heterocycles. The summed E-state index contributed by atoms with van der Waals surface area (Å²) in [6.45, 7) is 11.9. The van der Waals surface area contributed by atoms with Gasteiger partial charge >= 0.3 is 7.60 Å². The second-order valence-corrected chi connectivity index (χ2v) is 12.2. The van der Waals surface area contributed by atoms with Crippen LogP contribution >= 0.6 is 15.9 Å². The van der Waals surface area contributed by atoms with Crippen molar-refractivity contribution in [2.45, 2.75) is 82.9 Å². The molecular weight excluding hydrogens is 411 g/mol. The van der Waals surface area contributed by atoms with Crippen molar-refractivity contribution in [1.29, 1.82) is 0 Å². The molecule has 3 saturated heterocycles. The minimum atomic E-state index is -3.31. The molecule has 166 valence electrons. The number of ether oxygens (including phenoxy) is 2. The Kier molecular flexibility index (Phi) is 9.40. The molecule has 3 fully saturated rings. The Bertz CT molecular complexity index is 591. The van der Waals surface area contributed by atoms with E-state index < -0.39 is 27.5 Å². The van der Waals surface area contributed by atoms with Gasteiger partial charge in [-0.05, 0) is 46.6 Å². The van der Waals surface area contributed by atoms with E-state index in [1.807, 2.05) is 0 Å². The lowest BCUT2D eigenvalue weighted by atomic mass is 9.80. The Labute approximate surface area is 178 Å². The molecule has 0 spiro atoms. The summed E-state index contributed by atoms with van der Waals surface area (Å²) >= 11 is 0. The molecule has 7 nitrogen and oxygen atoms in total. The van der Waals surface area contributed by atoms with E-state index in [-0.39, 0.29) is 11.8 Å². The summed E-state index contributed by atoms with van der Waals surface area (Å²) in [5.41, 5.74) is -0.700. The van der Waals surface area contributed by atoms with Gasteiger partial charge in [-0.1, -0.05) is 6.92 Å². The Morgan fingerprint density at radius 1 is 1.28 bits per heavy atom. The van der Waals surface area contributed by atoms with E-state index in [1.54, 1.807) is 6.08 Å². The first-order valence-electron chi connectivity index (χ1n) is 10.3. The molecule has 0 saturated carbocycles. The first-order valence-corrected chi connectivity index (χ1v) is 13.2. The number of rotatable bonds is 11. The summed E-state index contributed by atoms with van der Waals surface area (Å²) in [6, 6.07) is 0.0709. The van der Waals surface area contributed by atoms with Gasteiger partial charge < -0.3 is 23.0 Å². The molecule has 2 bridgehead atoms. The molecule has 0 aromatic carbocycles. The standard InChI is InChI=1S/C19H36BNO6P2/c1-8-10-26-28(21(14(2)3)15(4)5)16-12-19(9-11-29(22,23-6)24-7)13-25-17(16)18(20)27-19/h9,11,14-18H,8,10,12-13H2,1-7H3/b11-9+/t16-,17-,18?,19-,28?/m1/s1. The zero-order valence-corrected chi connectivity index (χ0v) is 20.5. The van der Waals surface area contributed by atoms with Crippen LogP contribution in [0.25, 0.3) is 0 Å². The molecule has 0 aromatic heterocycles. The summed E-state index contributed by atoms with van der Waals surface area (Å²) in [5.74, 6) is 1.45. The summed E-state index contributed by atoms with van der Waals surface area (Å²) in [6.07, 6.45) is 3.14. The summed E-state index contributed by atoms with van der Waals surface area (Å²) < 4.78 is 43.7. The zero-order chi connectivity index (χ0) is 21.8. The topological polar surface area (TPSA) is 66.5 Å². The van der Waals surface area contributed by atoms with Crippen LogP contribution in [0.15, 0.2) is 11.9 Å². The lowest BCUT2D eigenvalue weighted by molar-refractivity contribution is -0.224. The highest BCUT2D eigenvalue weighted by Gasteiger charge is 2.54. The molecule has 2 unspecified atom stereocenters. The van der Waals surface area contributed by atoms with Crippen LogP contribution in [0.2, 0.25) is 0 Å². The van der Waals surface area contributed by atoms with Crippen LogP contribution in [0.5, 0.6) is 0 Å². The third-order valence-electron chi connectivity index (χ3n) is 5.22. The summed E-state index contributed by atoms with van der Waals surface area (Å²) in [4.78, 5) is 0. The monoisotopic (exact) mass is 447 g/mol. The molecule has 0 aliphatic carbocycles. The predicted octanol–water partition coefficient (Wildman–Crippen LogP) is 4.26. The first-order chi connectivity index (χ1) is 13.6. The largest absolute Gasteiger partial charge is 0.372 e. The maximum absolute atomic E-state index is 12.5. The van der Waals surface area contributed by atoms with Crippen molar-refractivity contribution < 1.29 is 27.6 Å². The van der Waals surface area contributed by atoms with Crippen molar-refractivity contribution in [3.63, 3.8) is 0 Å². The molecular formula is C19H36BNO6P2. The normalized spacial score (nSPS) is 31.4. The molecule has 0 amide bonds. The third kappa shape index (κ3) is 5.93. The van der Waals surface area contributed by atoms with E-state index in [1.165, 1.54) is 20.0 Å². The van der Waals surface area contributed by atoms with Crippen molar-refractivity contribution >= 4 is 23.7 Å². The van der Waals surface area contributed by atoms with E-state index in [0.29, 0.717) is 31.7 Å². The number of hydrogen-bond acceptors (Lipinski definition) is 7. The molecule has 29 heavy (non-hydrogen) atoms. The van der Waals surface area contributed by atoms with Crippen LogP contribution in [0.3, 0.4) is 0 Å². The van der Waals surface area contributed by atoms with Crippen LogP contribution in [0, 0.1) is 0 Å². The van der Waals surface area contributed by atoms with Gasteiger partial charge in [0.05, 0.1) is 19.3 Å². The minimum Gasteiger partial charge on any atom is -0.372 e. The van der Waals surface area contributed by atoms with Crippen LogP contribution in [-0.2, 0) is 27.6 Å². The predicted molar refractivity (Wildman–Crippen MR) is 118 cm³/mol. The van der Waals surface area contributed by atoms with E-state index >= 15 is 0 Å². The third-order valence-corrected chi connectivity index (χ3v) is 9.62. The van der Waals surface area contributed by atoms with Crippen molar-refractivity contribution in [3.05, 3.63) is 11.9 Å². The van der Waals surface area contributed by atoms with Crippen molar-refractivity contribution in [3.8, 4) is 0 Å². The zero-order valence-electron chi connectivity index (χ0n) is 18.7. The van der Waals surface area contributed by atoms with E-state index in [4.69, 9.17) is 30.9 Å². The van der Waals surface area contributed by atoms with Gasteiger partial charge in [-0.25, -0.2) is 0 Å². The van der Waals surface area contributed by atoms with Gasteiger partial charge in [0.25, 0.3) is 0 Å². The average Bonchev–Trinajstić information content (AvgIpc) is 2.68. The van der Waals surface area contributed by atoms with Crippen LogP contribution in [0.4, 0.5) is 0 Å². The molecule has 10 heteroatoms. The fraction of sp³-hybridized carbons (Fsp3) is 0.895. The second-order valence-electron chi connectivity index (χ2n) is 8.12. The van der Waals surface area contributed by atoms with Gasteiger partial charge in [-0.3, -0.25) is 9.24 Å². The summed E-state index contributed by atoms with van der Waals surface area (Å²) in [5, 5.41) is 0. The van der Waals surface area contributed by atoms with Gasteiger partial charge in [-0.15, -0.1) is 0 Å². The fourth-order valence-corrected chi connectivity index (χ4v) is 7.73. The highest BCUT2D eigenvalue weighted by molar-refractivity contribution is 7.57. The van der Waals surface area contributed by atoms with Gasteiger partial charge in [0, 0.05) is 43.8 Å². The average molecular weight is 447 g/mol. The number of nitrogens with zero attached hydrogens (tertiary/aromatic N) is 1. The van der Waals surface area contributed by atoms with Crippen LogP contribution in [-0.4, -0.2) is 75.4 Å². The van der Waals surface area contributed by atoms with Gasteiger partial charge in [0.1, 0.15) is 21.7 Å². The van der Waals surface area contributed by atoms with Gasteiger partial charge in [-0.2, -0.15) is 0 Å². The second kappa shape index (κ2) is 10.7. The van der Waals surface area contributed by atoms with Gasteiger partial charge in [0.2, 0.25) is 0 Å². The smallest absolute Gasteiger partial charge is 0.353 e. The highest BCUT2D eigenvalue weighted by atomic mass is 31.2. The Morgan fingerprint density at radius 3 is 2.38 bits per heavy atom. The molecule has 0 N–H and O–H groups in total. The van der Waals surface area contributed by atoms with Crippen molar-refractivity contribution in [2.24, 2.45) is 0 Å². The Morgan fingerprint density at radius 2 is 1.90 bits per heavy atom. The number of hydrogen-bond donors (Lipinski definition) is 0. The van der Waals surface area contributed by atoms with E-state index in [2.05, 4.69) is 39.3 Å². The van der Waals surface area contributed by atoms with Gasteiger partial charge in [0.15, 0.2) is 0 Å². The summed E-state index contributed by atoms with van der Waals surface area (Å²) in [7, 11) is 4.78. The highest BCUT2D eigenvalue weighted by Crippen LogP contribution is 2.58. The van der Waals surface area contributed by atoms with Crippen LogP contribution in [0.1, 0.15) is 47.5 Å². The van der Waals surface area contributed by atoms with Crippen molar-refractivity contribution in [2.75, 3.05) is 27.4 Å². The first kappa shape index (κ1) is 25.5. The minimum absolute atomic E-state index is 0.0768. The molecule has 5 atom stereocenters. The quantitative estimate of drug-likeness (QED) is 0.346. The molecule has 3 aliphatic rings. The lowest BCUT2D eigenvalue weighted by Crippen LogP contribution is -2.63. The molecule has 0 aromatic rings. The fourth-order valence-electron chi connectivity index (χ4n) is 3.96. The number of fused-ring (bicyclic) bond motifs is 3. The maximum atomic E-state index is 12.5. The van der Waals surface area contributed by atoms with E-state index in [0.717, 1.165) is 6.42 Å². The van der Waals surface area contributed by atoms with Crippen molar-refractivity contribution in [1.82, 2.24) is 4.67 Å². The SMILES string of the molecule is [B]C1O[C@@]2(/C=C/P(=O)(OC)OC)CO[C@@H]1[C@H](P(OCCC)N(C(C)C)C(C)C)C2. The lowest BCUT2D eigenvalue weighted by Gasteiger charge is -2.56. The maximum Gasteiger partial charge on any atom is 0.353 e. The van der Waals surface area contributed by atoms with E-state index in [9.17, 15) is 4.57 Å². The molecule has 3 aliphatic heterocycles. The Balaban J connectivity index is 2.35. The Hall–Kier alpha value is 0.225.